The Kier molecular flexibility index (Phi) is 4.43. The number of hydrogen-bond acceptors (Lipinski definition) is 3. The van der Waals surface area contributed by atoms with E-state index in [2.05, 4.69) is 6.92 Å². The van der Waals surface area contributed by atoms with E-state index in [1.165, 1.54) is 11.1 Å². The Bertz CT molecular complexity index is 324. The summed E-state index contributed by atoms with van der Waals surface area (Å²) >= 11 is 0. The Balaban J connectivity index is 3.05. The van der Waals surface area contributed by atoms with Crippen LogP contribution in [-0.4, -0.2) is 20.3 Å². The summed E-state index contributed by atoms with van der Waals surface area (Å²) in [7, 11) is 1.65. The highest BCUT2D eigenvalue weighted by Crippen LogP contribution is 2.30. The SMILES string of the molecule is CCOc1cc(CCN)c(C)cc1OC. The fourth-order valence-electron chi connectivity index (χ4n) is 1.56. The molecule has 0 amide bonds. The van der Waals surface area contributed by atoms with E-state index < -0.39 is 0 Å². The first-order valence-electron chi connectivity index (χ1n) is 5.23. The lowest BCUT2D eigenvalue weighted by Gasteiger charge is -2.13. The molecule has 0 saturated carbocycles. The Morgan fingerprint density at radius 3 is 2.53 bits per heavy atom. The minimum Gasteiger partial charge on any atom is -0.493 e. The van der Waals surface area contributed by atoms with Crippen molar-refractivity contribution in [2.75, 3.05) is 20.3 Å². The molecule has 3 heteroatoms. The van der Waals surface area contributed by atoms with Crippen molar-refractivity contribution < 1.29 is 9.47 Å². The maximum absolute atomic E-state index is 5.55. The summed E-state index contributed by atoms with van der Waals surface area (Å²) in [4.78, 5) is 0. The first-order valence-corrected chi connectivity index (χ1v) is 5.23. The van der Waals surface area contributed by atoms with Gasteiger partial charge in [0.15, 0.2) is 11.5 Å². The Morgan fingerprint density at radius 1 is 1.27 bits per heavy atom. The predicted octanol–water partition coefficient (Wildman–Crippen LogP) is 1.90. The van der Waals surface area contributed by atoms with Gasteiger partial charge in [-0.25, -0.2) is 0 Å². The molecule has 15 heavy (non-hydrogen) atoms. The molecular weight excluding hydrogens is 190 g/mol. The van der Waals surface area contributed by atoms with Crippen LogP contribution in [-0.2, 0) is 6.42 Å². The van der Waals surface area contributed by atoms with Crippen LogP contribution in [0.2, 0.25) is 0 Å². The molecule has 1 aromatic carbocycles. The van der Waals surface area contributed by atoms with Gasteiger partial charge in [0.25, 0.3) is 0 Å². The Hall–Kier alpha value is -1.22. The summed E-state index contributed by atoms with van der Waals surface area (Å²) in [6.07, 6.45) is 0.871. The number of ether oxygens (including phenoxy) is 2. The van der Waals surface area contributed by atoms with Gasteiger partial charge in [-0.3, -0.25) is 0 Å². The van der Waals surface area contributed by atoms with Crippen LogP contribution in [0.15, 0.2) is 12.1 Å². The molecule has 0 spiro atoms. The van der Waals surface area contributed by atoms with E-state index in [0.717, 1.165) is 17.9 Å². The molecule has 0 aliphatic carbocycles. The molecule has 0 fully saturated rings. The van der Waals surface area contributed by atoms with Crippen LogP contribution in [0.1, 0.15) is 18.1 Å². The minimum absolute atomic E-state index is 0.640. The van der Waals surface area contributed by atoms with Gasteiger partial charge < -0.3 is 15.2 Å². The van der Waals surface area contributed by atoms with Gasteiger partial charge in [0.1, 0.15) is 0 Å². The largest absolute Gasteiger partial charge is 0.493 e. The molecule has 0 heterocycles. The monoisotopic (exact) mass is 209 g/mol. The highest BCUT2D eigenvalue weighted by molar-refractivity contribution is 5.47. The number of methoxy groups -OCH3 is 1. The van der Waals surface area contributed by atoms with Crippen LogP contribution in [0, 0.1) is 6.92 Å². The van der Waals surface area contributed by atoms with E-state index in [1.807, 2.05) is 19.1 Å². The van der Waals surface area contributed by atoms with E-state index in [1.54, 1.807) is 7.11 Å². The van der Waals surface area contributed by atoms with E-state index in [-0.39, 0.29) is 0 Å². The highest BCUT2D eigenvalue weighted by atomic mass is 16.5. The summed E-state index contributed by atoms with van der Waals surface area (Å²) in [5.74, 6) is 1.59. The molecule has 0 saturated heterocycles. The highest BCUT2D eigenvalue weighted by Gasteiger charge is 2.08. The lowest BCUT2D eigenvalue weighted by atomic mass is 10.0. The van der Waals surface area contributed by atoms with Gasteiger partial charge in [0.05, 0.1) is 13.7 Å². The first-order chi connectivity index (χ1) is 7.22. The first kappa shape index (κ1) is 11.9. The number of benzene rings is 1. The van der Waals surface area contributed by atoms with Crippen LogP contribution in [0.5, 0.6) is 11.5 Å². The number of aryl methyl sites for hydroxylation is 1. The summed E-state index contributed by atoms with van der Waals surface area (Å²) in [6, 6.07) is 4.01. The average Bonchev–Trinajstić information content (AvgIpc) is 2.23. The van der Waals surface area contributed by atoms with Crippen molar-refractivity contribution in [3.8, 4) is 11.5 Å². The van der Waals surface area contributed by atoms with Crippen molar-refractivity contribution in [3.05, 3.63) is 23.3 Å². The minimum atomic E-state index is 0.640. The lowest BCUT2D eigenvalue weighted by molar-refractivity contribution is 0.310. The van der Waals surface area contributed by atoms with Crippen LogP contribution >= 0.6 is 0 Å². The van der Waals surface area contributed by atoms with Crippen molar-refractivity contribution in [2.45, 2.75) is 20.3 Å². The standard InChI is InChI=1S/C12H19NO2/c1-4-15-12-8-10(5-6-13)9(2)7-11(12)14-3/h7-8H,4-6,13H2,1-3H3. The van der Waals surface area contributed by atoms with Crippen molar-refractivity contribution >= 4 is 0 Å². The van der Waals surface area contributed by atoms with Crippen molar-refractivity contribution in [1.82, 2.24) is 0 Å². The van der Waals surface area contributed by atoms with E-state index in [9.17, 15) is 0 Å². The molecule has 0 bridgehead atoms. The molecule has 0 aromatic heterocycles. The van der Waals surface area contributed by atoms with Gasteiger partial charge in [-0.05, 0) is 50.1 Å². The maximum Gasteiger partial charge on any atom is 0.161 e. The fraction of sp³-hybridized carbons (Fsp3) is 0.500. The molecule has 0 atom stereocenters. The number of nitrogens with two attached hydrogens (primary N) is 1. The van der Waals surface area contributed by atoms with E-state index >= 15 is 0 Å². The zero-order valence-electron chi connectivity index (χ0n) is 9.67. The zero-order chi connectivity index (χ0) is 11.3. The van der Waals surface area contributed by atoms with Crippen LogP contribution in [0.4, 0.5) is 0 Å². The van der Waals surface area contributed by atoms with E-state index in [0.29, 0.717) is 13.2 Å². The van der Waals surface area contributed by atoms with Gasteiger partial charge in [-0.2, -0.15) is 0 Å². The molecule has 0 aliphatic heterocycles. The smallest absolute Gasteiger partial charge is 0.161 e. The van der Waals surface area contributed by atoms with Gasteiger partial charge in [-0.15, -0.1) is 0 Å². The molecule has 84 valence electrons. The van der Waals surface area contributed by atoms with Crippen LogP contribution < -0.4 is 15.2 Å². The third kappa shape index (κ3) is 2.86. The summed E-state index contributed by atoms with van der Waals surface area (Å²) in [5, 5.41) is 0. The maximum atomic E-state index is 5.55. The van der Waals surface area contributed by atoms with Gasteiger partial charge in [-0.1, -0.05) is 0 Å². The normalized spacial score (nSPS) is 10.1. The third-order valence-corrected chi connectivity index (χ3v) is 2.34. The molecule has 0 radical (unpaired) electrons. The molecule has 0 unspecified atom stereocenters. The van der Waals surface area contributed by atoms with Crippen molar-refractivity contribution in [3.63, 3.8) is 0 Å². The second-order valence-electron chi connectivity index (χ2n) is 3.40. The molecule has 3 nitrogen and oxygen atoms in total. The third-order valence-electron chi connectivity index (χ3n) is 2.34. The summed E-state index contributed by atoms with van der Waals surface area (Å²) in [6.45, 7) is 5.31. The zero-order valence-corrected chi connectivity index (χ0v) is 9.67. The number of rotatable bonds is 5. The van der Waals surface area contributed by atoms with Crippen molar-refractivity contribution in [1.29, 1.82) is 0 Å². The molecule has 1 rings (SSSR count). The Morgan fingerprint density at radius 2 is 2.00 bits per heavy atom. The molecular formula is C12H19NO2. The van der Waals surface area contributed by atoms with Gasteiger partial charge >= 0.3 is 0 Å². The van der Waals surface area contributed by atoms with Gasteiger partial charge in [0.2, 0.25) is 0 Å². The van der Waals surface area contributed by atoms with Gasteiger partial charge in [0, 0.05) is 0 Å². The van der Waals surface area contributed by atoms with Crippen LogP contribution in [0.25, 0.3) is 0 Å². The fourth-order valence-corrected chi connectivity index (χ4v) is 1.56. The van der Waals surface area contributed by atoms with Crippen LogP contribution in [0.3, 0.4) is 0 Å². The molecule has 2 N–H and O–H groups in total. The molecule has 0 aliphatic rings. The van der Waals surface area contributed by atoms with Crippen molar-refractivity contribution in [2.24, 2.45) is 5.73 Å². The summed E-state index contributed by atoms with van der Waals surface area (Å²) < 4.78 is 10.8. The average molecular weight is 209 g/mol. The topological polar surface area (TPSA) is 44.5 Å². The quantitative estimate of drug-likeness (QED) is 0.805. The second-order valence-corrected chi connectivity index (χ2v) is 3.40. The Labute approximate surface area is 91.2 Å². The predicted molar refractivity (Wildman–Crippen MR) is 61.7 cm³/mol. The summed E-state index contributed by atoms with van der Waals surface area (Å²) in [5.41, 5.74) is 7.97. The van der Waals surface area contributed by atoms with E-state index in [4.69, 9.17) is 15.2 Å². The lowest BCUT2D eigenvalue weighted by Crippen LogP contribution is -2.05. The second kappa shape index (κ2) is 5.61. The number of hydrogen-bond donors (Lipinski definition) is 1. The molecule has 1 aromatic rings.